The number of anilines is 1. The molecule has 0 aromatic heterocycles. The van der Waals surface area contributed by atoms with Crippen molar-refractivity contribution < 1.29 is 4.79 Å². The Bertz CT molecular complexity index is 364. The van der Waals surface area contributed by atoms with Gasteiger partial charge >= 0.3 is 0 Å². The molecule has 19 heavy (non-hydrogen) atoms. The van der Waals surface area contributed by atoms with Gasteiger partial charge in [0.15, 0.2) is 6.29 Å². The summed E-state index contributed by atoms with van der Waals surface area (Å²) in [6.07, 6.45) is 1.95. The number of nitrogens with one attached hydrogen (secondary N) is 3. The summed E-state index contributed by atoms with van der Waals surface area (Å²) in [5.74, 6) is 0. The lowest BCUT2D eigenvalue weighted by Gasteiger charge is -2.24. The number of para-hydroxylation sites is 1. The van der Waals surface area contributed by atoms with E-state index in [1.165, 1.54) is 7.05 Å². The molecule has 1 unspecified atom stereocenters. The molecule has 1 aromatic carbocycles. The van der Waals surface area contributed by atoms with Gasteiger partial charge in [-0.15, -0.1) is 0 Å². The third-order valence-electron chi connectivity index (χ3n) is 3.02. The van der Waals surface area contributed by atoms with Crippen molar-refractivity contribution >= 4 is 12.0 Å². The first kappa shape index (κ1) is 15.6. The quantitative estimate of drug-likeness (QED) is 0.580. The highest BCUT2D eigenvalue weighted by molar-refractivity contribution is 5.83. The van der Waals surface area contributed by atoms with E-state index in [-0.39, 0.29) is 0 Å². The summed E-state index contributed by atoms with van der Waals surface area (Å²) in [6, 6.07) is 8.11. The van der Waals surface area contributed by atoms with Crippen molar-refractivity contribution in [1.29, 1.82) is 0 Å². The second-order valence-electron chi connectivity index (χ2n) is 4.28. The minimum atomic E-state index is 0.527. The van der Waals surface area contributed by atoms with Crippen molar-refractivity contribution in [3.8, 4) is 0 Å². The second kappa shape index (κ2) is 9.49. The summed E-state index contributed by atoms with van der Waals surface area (Å²) in [7, 11) is 1.50. The monoisotopic (exact) mass is 264 g/mol. The molecule has 1 aliphatic heterocycles. The van der Waals surface area contributed by atoms with Crippen molar-refractivity contribution in [2.75, 3.05) is 38.5 Å². The van der Waals surface area contributed by atoms with Gasteiger partial charge in [-0.1, -0.05) is 12.1 Å². The van der Waals surface area contributed by atoms with Gasteiger partial charge in [0, 0.05) is 43.5 Å². The van der Waals surface area contributed by atoms with E-state index in [2.05, 4.69) is 21.7 Å². The van der Waals surface area contributed by atoms with E-state index in [0.29, 0.717) is 6.04 Å². The molecule has 2 rings (SSSR count). The molecule has 0 saturated carbocycles. The van der Waals surface area contributed by atoms with Crippen LogP contribution >= 0.6 is 0 Å². The highest BCUT2D eigenvalue weighted by Crippen LogP contribution is 2.12. The molecule has 0 bridgehead atoms. The summed E-state index contributed by atoms with van der Waals surface area (Å²) in [5.41, 5.74) is 6.15. The zero-order valence-electron chi connectivity index (χ0n) is 11.5. The molecule has 5 heteroatoms. The van der Waals surface area contributed by atoms with E-state index >= 15 is 0 Å². The van der Waals surface area contributed by atoms with Crippen LogP contribution in [0.25, 0.3) is 0 Å². The summed E-state index contributed by atoms with van der Waals surface area (Å²) in [4.78, 5) is 10.8. The number of rotatable bonds is 5. The molecule has 1 aliphatic rings. The van der Waals surface area contributed by atoms with Crippen LogP contribution in [-0.2, 0) is 0 Å². The fraction of sp³-hybridized carbons (Fsp3) is 0.500. The summed E-state index contributed by atoms with van der Waals surface area (Å²) < 4.78 is 0. The van der Waals surface area contributed by atoms with Gasteiger partial charge in [0.25, 0.3) is 0 Å². The Morgan fingerprint density at radius 3 is 2.84 bits per heavy atom. The molecule has 5 nitrogen and oxygen atoms in total. The van der Waals surface area contributed by atoms with Gasteiger partial charge in [-0.3, -0.25) is 4.79 Å². The minimum Gasteiger partial charge on any atom is -0.384 e. The topological polar surface area (TPSA) is 79.2 Å². The Balaban J connectivity index is 0.000000861. The molecule has 1 aromatic rings. The number of piperazine rings is 1. The Kier molecular flexibility index (Phi) is 7.81. The van der Waals surface area contributed by atoms with Crippen molar-refractivity contribution in [3.63, 3.8) is 0 Å². The Labute approximate surface area is 115 Å². The first-order valence-electron chi connectivity index (χ1n) is 6.70. The van der Waals surface area contributed by atoms with Gasteiger partial charge in [0.1, 0.15) is 0 Å². The van der Waals surface area contributed by atoms with Gasteiger partial charge in [0.2, 0.25) is 0 Å². The van der Waals surface area contributed by atoms with Crippen LogP contribution in [-0.4, -0.2) is 45.6 Å². The van der Waals surface area contributed by atoms with Crippen LogP contribution in [0.5, 0.6) is 0 Å². The largest absolute Gasteiger partial charge is 0.384 e. The van der Waals surface area contributed by atoms with Crippen LogP contribution in [0.4, 0.5) is 5.69 Å². The average Bonchev–Trinajstić information content (AvgIpc) is 2.51. The Hall–Kier alpha value is -1.43. The molecule has 0 radical (unpaired) electrons. The smallest absolute Gasteiger partial charge is 0.152 e. The standard InChI is InChI=1S/C13H19N3O.CH5N/c17-10-11-3-1-2-4-13(11)16-6-5-12-9-14-7-8-15-12;1-2/h1-4,10,12,14-16H,5-9H2;2H2,1H3. The van der Waals surface area contributed by atoms with Gasteiger partial charge in [-0.25, -0.2) is 0 Å². The van der Waals surface area contributed by atoms with Crippen LogP contribution in [0, 0.1) is 0 Å². The lowest BCUT2D eigenvalue weighted by atomic mass is 10.1. The van der Waals surface area contributed by atoms with E-state index in [1.807, 2.05) is 24.3 Å². The average molecular weight is 264 g/mol. The van der Waals surface area contributed by atoms with Gasteiger partial charge in [-0.05, 0) is 25.6 Å². The first-order chi connectivity index (χ1) is 9.40. The van der Waals surface area contributed by atoms with Crippen molar-refractivity contribution in [1.82, 2.24) is 10.6 Å². The molecular weight excluding hydrogens is 240 g/mol. The number of nitrogens with two attached hydrogens (primary N) is 1. The maximum atomic E-state index is 10.8. The zero-order valence-corrected chi connectivity index (χ0v) is 11.5. The van der Waals surface area contributed by atoms with Gasteiger partial charge in [-0.2, -0.15) is 0 Å². The molecule has 106 valence electrons. The first-order valence-corrected chi connectivity index (χ1v) is 6.70. The molecule has 0 amide bonds. The Morgan fingerprint density at radius 2 is 2.16 bits per heavy atom. The van der Waals surface area contributed by atoms with Gasteiger partial charge < -0.3 is 21.7 Å². The molecule has 1 heterocycles. The van der Waals surface area contributed by atoms with E-state index < -0.39 is 0 Å². The summed E-state index contributed by atoms with van der Waals surface area (Å²) in [5, 5.41) is 10.1. The molecule has 1 saturated heterocycles. The lowest BCUT2D eigenvalue weighted by Crippen LogP contribution is -2.48. The zero-order chi connectivity index (χ0) is 13.9. The van der Waals surface area contributed by atoms with E-state index in [0.717, 1.165) is 50.1 Å². The van der Waals surface area contributed by atoms with Crippen molar-refractivity contribution in [2.24, 2.45) is 5.73 Å². The fourth-order valence-electron chi connectivity index (χ4n) is 2.06. The van der Waals surface area contributed by atoms with E-state index in [1.54, 1.807) is 0 Å². The molecule has 0 spiro atoms. The third-order valence-corrected chi connectivity index (χ3v) is 3.02. The van der Waals surface area contributed by atoms with E-state index in [9.17, 15) is 4.79 Å². The summed E-state index contributed by atoms with van der Waals surface area (Å²) in [6.45, 7) is 3.99. The van der Waals surface area contributed by atoms with Gasteiger partial charge in [0.05, 0.1) is 0 Å². The summed E-state index contributed by atoms with van der Waals surface area (Å²) >= 11 is 0. The number of carbonyl (C=O) groups excluding carboxylic acids is 1. The number of benzene rings is 1. The Morgan fingerprint density at radius 1 is 1.37 bits per heavy atom. The van der Waals surface area contributed by atoms with Crippen molar-refractivity contribution in [3.05, 3.63) is 29.8 Å². The molecule has 5 N–H and O–H groups in total. The number of hydrogen-bond acceptors (Lipinski definition) is 5. The second-order valence-corrected chi connectivity index (χ2v) is 4.28. The van der Waals surface area contributed by atoms with Crippen molar-refractivity contribution in [2.45, 2.75) is 12.5 Å². The minimum absolute atomic E-state index is 0.527. The van der Waals surface area contributed by atoms with Crippen LogP contribution in [0.2, 0.25) is 0 Å². The third kappa shape index (κ3) is 5.38. The number of carbonyl (C=O) groups is 1. The molecule has 1 atom stereocenters. The van der Waals surface area contributed by atoms with Crippen LogP contribution in [0.15, 0.2) is 24.3 Å². The van der Waals surface area contributed by atoms with Crippen LogP contribution in [0.3, 0.4) is 0 Å². The predicted octanol–water partition coefficient (Wildman–Crippen LogP) is 0.437. The van der Waals surface area contributed by atoms with Crippen LogP contribution < -0.4 is 21.7 Å². The molecular formula is C14H24N4O. The SMILES string of the molecule is CN.O=Cc1ccccc1NCCC1CNCCN1. The van der Waals surface area contributed by atoms with Crippen LogP contribution in [0.1, 0.15) is 16.8 Å². The number of aldehydes is 1. The number of hydrogen-bond donors (Lipinski definition) is 4. The maximum Gasteiger partial charge on any atom is 0.152 e. The molecule has 0 aliphatic carbocycles. The maximum absolute atomic E-state index is 10.8. The normalized spacial score (nSPS) is 18.1. The van der Waals surface area contributed by atoms with E-state index in [4.69, 9.17) is 0 Å². The highest BCUT2D eigenvalue weighted by Gasteiger charge is 2.11. The lowest BCUT2D eigenvalue weighted by molar-refractivity contribution is 0.112. The molecule has 1 fully saturated rings. The highest BCUT2D eigenvalue weighted by atomic mass is 16.1. The fourth-order valence-corrected chi connectivity index (χ4v) is 2.06. The predicted molar refractivity (Wildman–Crippen MR) is 79.7 cm³/mol.